The number of rotatable bonds is 20. The van der Waals surface area contributed by atoms with E-state index in [1.807, 2.05) is 6.07 Å². The summed E-state index contributed by atoms with van der Waals surface area (Å²) in [7, 11) is 0. The summed E-state index contributed by atoms with van der Waals surface area (Å²) >= 11 is 34.0. The van der Waals surface area contributed by atoms with Crippen LogP contribution in [0, 0.1) is 6.92 Å². The van der Waals surface area contributed by atoms with Crippen LogP contribution in [-0.4, -0.2) is 196 Å². The lowest BCUT2D eigenvalue weighted by molar-refractivity contribution is -0.128. The molecular weight excluding hydrogens is 1680 g/mol. The Kier molecular flexibility index (Phi) is 24.5. The molecule has 14 heterocycles. The molecule has 0 radical (unpaired) electrons. The summed E-state index contributed by atoms with van der Waals surface area (Å²) in [4.78, 5) is 145. The summed E-state index contributed by atoms with van der Waals surface area (Å²) in [6.07, 6.45) is 1.65. The zero-order chi connectivity index (χ0) is 77.3. The van der Waals surface area contributed by atoms with Crippen LogP contribution in [0.2, 0.25) is 20.4 Å². The Morgan fingerprint density at radius 2 is 1.02 bits per heavy atom. The molecule has 0 saturated carbocycles. The number of amidine groups is 3. The maximum absolute atomic E-state index is 13.4. The predicted molar refractivity (Wildman–Crippen MR) is 417 cm³/mol. The standard InChI is InChI=1S/C22H23BrN8O4S2.C21H20Cl2N8O4S2.C18H17Cl2N7O5S2/c1-10-16(21(35)31-14(33)8-11-7-12(23)9-26-18(11)31)36-22(27-10)28-20-15(19(34)29-37-20)17(24)25-4-6-30-5-2-3-13(30)32;22-10-3-4-26-17-9(10)8-12(33)31(17)20(35)14-15(23)27-21(36-14)28-19-13(18(34)29-37-19)16(24)25-5-7-30-6-1-2-11(30)32;1-5(28)14(30)24-12(21)9-15(31)26-34-16(9)25-18-23-11(20)10(33-18)17(32)27-8(29)4-6-7(19)2-3-22-13(6)27/h7,9,14,33H,2-6,8H2,1H3,(H2,24,25)(H,27,28)(H,29,34);3-4,12,33H,1-2,5-8H2,(H2,24,25)(H,27,28)(H,29,34);2-3,5,8,14,28-30H,4H2,1H3,(H2,21,24)(H,23,25)(H,26,31). The number of aromatic nitrogens is 9. The van der Waals surface area contributed by atoms with Gasteiger partial charge in [0.2, 0.25) is 11.8 Å². The van der Waals surface area contributed by atoms with Crippen molar-refractivity contribution >= 4 is 226 Å². The fraction of sp³-hybridized carbons (Fsp3) is 0.328. The molecule has 17 N–H and O–H groups in total. The summed E-state index contributed by atoms with van der Waals surface area (Å²) in [5, 5.41) is 61.8. The van der Waals surface area contributed by atoms with E-state index >= 15 is 0 Å². The first-order chi connectivity index (χ1) is 51.5. The van der Waals surface area contributed by atoms with E-state index in [1.54, 1.807) is 35.1 Å². The number of H-pyrrole nitrogens is 3. The first-order valence-electron chi connectivity index (χ1n) is 32.1. The lowest BCUT2D eigenvalue weighted by Gasteiger charge is -2.19. The van der Waals surface area contributed by atoms with Gasteiger partial charge in [0.05, 0.1) is 24.9 Å². The molecular formula is C61H60BrCl4N23O13S6. The zero-order valence-corrected chi connectivity index (χ0v) is 65.4. The van der Waals surface area contributed by atoms with Crippen LogP contribution in [-0.2, 0) is 28.9 Å². The predicted octanol–water partition coefficient (Wildman–Crippen LogP) is 5.40. The SMILES string of the molecule is CC(O)C(O)N=C(N)c1c(Nc2nc(Cl)c(C(=O)N3c4nccc(Cl)c4CC3O)s2)s[nH]c1=O.Cc1nc(Nc2s[nH]c(=O)c2C(N)=NCCN2CCCC2=O)sc1C(=O)N1c2ncc(Br)cc2CC1O.NC(=NCCN1CCCC1=O)c1c(Nc2nc(Cl)c(C(=O)N3c4nccc(Cl)c4CC3O)s2)s[nH]c1=O. The molecule has 5 aliphatic heterocycles. The van der Waals surface area contributed by atoms with Gasteiger partial charge in [-0.15, -0.1) is 0 Å². The first kappa shape index (κ1) is 78.8. The lowest BCUT2D eigenvalue weighted by Crippen LogP contribution is -2.37. The van der Waals surface area contributed by atoms with Crippen molar-refractivity contribution in [1.29, 1.82) is 0 Å². The van der Waals surface area contributed by atoms with Gasteiger partial charge in [0, 0.05) is 108 Å². The van der Waals surface area contributed by atoms with E-state index in [2.05, 4.69) is 89.9 Å². The molecule has 2 saturated heterocycles. The van der Waals surface area contributed by atoms with E-state index in [0.29, 0.717) is 91.7 Å². The molecule has 9 aromatic heterocycles. The zero-order valence-electron chi connectivity index (χ0n) is 55.9. The summed E-state index contributed by atoms with van der Waals surface area (Å²) < 4.78 is 8.49. The van der Waals surface area contributed by atoms with E-state index in [0.717, 1.165) is 101 Å². The molecule has 568 valence electrons. The Morgan fingerprint density at radius 1 is 0.611 bits per heavy atom. The monoisotopic (exact) mass is 1730 g/mol. The van der Waals surface area contributed by atoms with Crippen LogP contribution in [0.3, 0.4) is 0 Å². The van der Waals surface area contributed by atoms with E-state index < -0.39 is 65.4 Å². The highest BCUT2D eigenvalue weighted by molar-refractivity contribution is 9.10. The van der Waals surface area contributed by atoms with Crippen LogP contribution in [0.25, 0.3) is 0 Å². The van der Waals surface area contributed by atoms with Crippen LogP contribution in [0.4, 0.5) is 47.9 Å². The van der Waals surface area contributed by atoms with Gasteiger partial charge in [-0.2, -0.15) is 0 Å². The van der Waals surface area contributed by atoms with Crippen LogP contribution in [0.1, 0.15) is 101 Å². The van der Waals surface area contributed by atoms with Crippen molar-refractivity contribution in [2.75, 3.05) is 69.9 Å². The topological polar surface area (TPSA) is 530 Å². The van der Waals surface area contributed by atoms with Gasteiger partial charge >= 0.3 is 0 Å². The number of aliphatic imine (C=N–C) groups is 3. The Labute approximate surface area is 661 Å². The van der Waals surface area contributed by atoms with Gasteiger partial charge in [0.1, 0.15) is 100.0 Å². The number of amides is 5. The van der Waals surface area contributed by atoms with Crippen molar-refractivity contribution in [3.63, 3.8) is 0 Å². The molecule has 0 aromatic carbocycles. The number of hydrogen-bond donors (Lipinski definition) is 14. The van der Waals surface area contributed by atoms with Crippen molar-refractivity contribution in [2.24, 2.45) is 32.2 Å². The van der Waals surface area contributed by atoms with Gasteiger partial charge in [-0.05, 0) is 95.4 Å². The van der Waals surface area contributed by atoms with Crippen molar-refractivity contribution in [3.05, 3.63) is 146 Å². The van der Waals surface area contributed by atoms with Crippen molar-refractivity contribution in [1.82, 2.24) is 52.8 Å². The fourth-order valence-corrected chi connectivity index (χ4v) is 18.0. The average Bonchev–Trinajstić information content (AvgIpc) is 1.63. The maximum Gasteiger partial charge on any atom is 0.274 e. The van der Waals surface area contributed by atoms with Crippen LogP contribution < -0.4 is 64.5 Å². The number of hydrogen-bond acceptors (Lipinski definition) is 31. The summed E-state index contributed by atoms with van der Waals surface area (Å²) in [6, 6.07) is 4.98. The summed E-state index contributed by atoms with van der Waals surface area (Å²) in [5.74, 6) is -0.787. The van der Waals surface area contributed by atoms with Gasteiger partial charge in [-0.25, -0.2) is 34.9 Å². The minimum atomic E-state index is -1.53. The number of anilines is 9. The number of nitrogens with two attached hydrogens (primary N) is 3. The minimum absolute atomic E-state index is 0.00958. The largest absolute Gasteiger partial charge is 0.389 e. The number of nitrogens with one attached hydrogen (secondary N) is 6. The number of aromatic amines is 3. The van der Waals surface area contributed by atoms with Gasteiger partial charge in [-0.3, -0.25) is 76.2 Å². The number of aliphatic hydroxyl groups is 5. The van der Waals surface area contributed by atoms with Crippen LogP contribution in [0.15, 0.2) is 70.6 Å². The smallest absolute Gasteiger partial charge is 0.274 e. The van der Waals surface area contributed by atoms with E-state index in [-0.39, 0.29) is 125 Å². The molecule has 36 nitrogen and oxygen atoms in total. The number of nitrogens with zero attached hydrogens (tertiary/aromatic N) is 14. The second kappa shape index (κ2) is 33.6. The third-order valence-electron chi connectivity index (χ3n) is 16.7. The van der Waals surface area contributed by atoms with Crippen molar-refractivity contribution in [3.8, 4) is 0 Å². The highest BCUT2D eigenvalue weighted by atomic mass is 79.9. The number of aryl methyl sites for hydroxylation is 1. The van der Waals surface area contributed by atoms with Crippen molar-refractivity contribution < 1.29 is 49.5 Å². The number of carbonyl (C=O) groups excluding carboxylic acids is 5. The number of aliphatic hydroxyl groups excluding tert-OH is 5. The van der Waals surface area contributed by atoms with Crippen LogP contribution in [0.5, 0.6) is 0 Å². The Bertz CT molecular complexity index is 5290. The van der Waals surface area contributed by atoms with Gasteiger partial charge in [0.15, 0.2) is 31.9 Å². The number of carbonyl (C=O) groups is 5. The molecule has 108 heavy (non-hydrogen) atoms. The summed E-state index contributed by atoms with van der Waals surface area (Å²) in [6.45, 7) is 5.81. The summed E-state index contributed by atoms with van der Waals surface area (Å²) in [5.41, 5.74) is 19.2. The van der Waals surface area contributed by atoms with Crippen molar-refractivity contribution in [2.45, 2.75) is 89.8 Å². The Morgan fingerprint density at radius 3 is 1.45 bits per heavy atom. The quantitative estimate of drug-likeness (QED) is 0.0335. The third kappa shape index (κ3) is 16.8. The molecule has 0 bridgehead atoms. The number of fused-ring (bicyclic) bond motifs is 3. The van der Waals surface area contributed by atoms with E-state index in [9.17, 15) is 63.9 Å². The maximum atomic E-state index is 13.4. The molecule has 9 aromatic rings. The number of thiazole rings is 3. The highest BCUT2D eigenvalue weighted by Crippen LogP contribution is 2.42. The van der Waals surface area contributed by atoms with Crippen LogP contribution >= 0.6 is 131 Å². The molecule has 5 aliphatic rings. The lowest BCUT2D eigenvalue weighted by atomic mass is 10.2. The number of halogens is 5. The van der Waals surface area contributed by atoms with Gasteiger partial charge in [-0.1, -0.05) is 80.4 Å². The Hall–Kier alpha value is -8.77. The van der Waals surface area contributed by atoms with Gasteiger partial charge < -0.3 is 68.5 Å². The fourth-order valence-electron chi connectivity index (χ4n) is 11.6. The molecule has 47 heteroatoms. The van der Waals surface area contributed by atoms with Gasteiger partial charge in [0.25, 0.3) is 34.4 Å². The average molecular weight is 1740 g/mol. The molecule has 2 fully saturated rings. The first-order valence-corrected chi connectivity index (χ1v) is 39.3. The molecule has 5 unspecified atom stereocenters. The highest BCUT2D eigenvalue weighted by Gasteiger charge is 2.41. The van der Waals surface area contributed by atoms with E-state index in [4.69, 9.17) is 63.6 Å². The third-order valence-corrected chi connectivity index (χ3v) is 24.0. The molecule has 0 aliphatic carbocycles. The number of pyridine rings is 3. The number of likely N-dealkylation sites (tertiary alicyclic amines) is 2. The second-order valence-electron chi connectivity index (χ2n) is 23.9. The minimum Gasteiger partial charge on any atom is -0.389 e. The molecule has 14 rings (SSSR count). The normalized spacial score (nSPS) is 17.5. The molecule has 0 spiro atoms. The second-order valence-corrected chi connectivity index (χ2v) is 31.8. The molecule has 5 amide bonds. The van der Waals surface area contributed by atoms with E-state index in [1.165, 1.54) is 24.2 Å². The Balaban J connectivity index is 0.000000151. The molecule has 5 atom stereocenters.